The molecule has 2 aromatic rings. The Morgan fingerprint density at radius 2 is 2.28 bits per heavy atom. The number of benzene rings is 1. The number of nitrogens with zero attached hydrogens (tertiary/aromatic N) is 4. The van der Waals surface area contributed by atoms with Crippen molar-refractivity contribution in [2.75, 3.05) is 19.7 Å². The van der Waals surface area contributed by atoms with Gasteiger partial charge in [-0.3, -0.25) is 4.79 Å². The molecular formula is C19H26N4O2. The van der Waals surface area contributed by atoms with Gasteiger partial charge in [-0.25, -0.2) is 0 Å². The van der Waals surface area contributed by atoms with Gasteiger partial charge in [0.1, 0.15) is 17.9 Å². The van der Waals surface area contributed by atoms with Crippen LogP contribution in [0.5, 0.6) is 5.75 Å². The highest BCUT2D eigenvalue weighted by molar-refractivity contribution is 5.76. The van der Waals surface area contributed by atoms with Crippen molar-refractivity contribution in [1.29, 1.82) is 0 Å². The molecule has 0 bridgehead atoms. The molecule has 0 aliphatic carbocycles. The van der Waals surface area contributed by atoms with Gasteiger partial charge < -0.3 is 14.2 Å². The van der Waals surface area contributed by atoms with E-state index in [0.717, 1.165) is 37.5 Å². The van der Waals surface area contributed by atoms with Gasteiger partial charge in [0, 0.05) is 38.9 Å². The first-order valence-electron chi connectivity index (χ1n) is 8.92. The second-order valence-corrected chi connectivity index (χ2v) is 6.83. The van der Waals surface area contributed by atoms with Crippen LogP contribution in [-0.2, 0) is 18.3 Å². The van der Waals surface area contributed by atoms with Crippen LogP contribution >= 0.6 is 0 Å². The molecule has 1 aliphatic rings. The summed E-state index contributed by atoms with van der Waals surface area (Å²) in [6.07, 6.45) is 4.93. The summed E-state index contributed by atoms with van der Waals surface area (Å²) in [4.78, 5) is 14.5. The quantitative estimate of drug-likeness (QED) is 0.809. The van der Waals surface area contributed by atoms with Crippen molar-refractivity contribution in [1.82, 2.24) is 19.7 Å². The largest absolute Gasteiger partial charge is 0.493 e. The molecule has 6 nitrogen and oxygen atoms in total. The van der Waals surface area contributed by atoms with Crippen molar-refractivity contribution in [3.8, 4) is 5.75 Å². The van der Waals surface area contributed by atoms with Crippen LogP contribution < -0.4 is 4.74 Å². The Bertz CT molecular complexity index is 713. The summed E-state index contributed by atoms with van der Waals surface area (Å²) < 4.78 is 7.79. The zero-order chi connectivity index (χ0) is 17.6. The predicted octanol–water partition coefficient (Wildman–Crippen LogP) is 2.37. The van der Waals surface area contributed by atoms with Gasteiger partial charge in [-0.05, 0) is 37.5 Å². The lowest BCUT2D eigenvalue weighted by molar-refractivity contribution is -0.133. The topological polar surface area (TPSA) is 60.2 Å². The molecule has 1 fully saturated rings. The van der Waals surface area contributed by atoms with Crippen LogP contribution in [0, 0.1) is 12.8 Å². The third-order valence-corrected chi connectivity index (χ3v) is 4.71. The van der Waals surface area contributed by atoms with Gasteiger partial charge >= 0.3 is 0 Å². The first-order chi connectivity index (χ1) is 12.1. The molecule has 0 spiro atoms. The summed E-state index contributed by atoms with van der Waals surface area (Å²) in [6.45, 7) is 4.35. The van der Waals surface area contributed by atoms with Crippen LogP contribution in [0.4, 0.5) is 0 Å². The highest BCUT2D eigenvalue weighted by Gasteiger charge is 2.24. The molecule has 6 heteroatoms. The standard InChI is InChI=1S/C19H26N4O2/c1-15-5-3-7-17(11-15)25-13-16-6-4-10-23(12-16)19(24)9-8-18-21-20-14-22(18)2/h3,5,7,11,14,16H,4,6,8-10,12-13H2,1-2H3. The smallest absolute Gasteiger partial charge is 0.223 e. The Balaban J connectivity index is 1.47. The fourth-order valence-electron chi connectivity index (χ4n) is 3.26. The van der Waals surface area contributed by atoms with E-state index in [0.29, 0.717) is 25.4 Å². The average Bonchev–Trinajstić information content (AvgIpc) is 3.03. The molecule has 1 aliphatic heterocycles. The lowest BCUT2D eigenvalue weighted by atomic mass is 9.98. The van der Waals surface area contributed by atoms with E-state index >= 15 is 0 Å². The van der Waals surface area contributed by atoms with E-state index < -0.39 is 0 Å². The molecule has 1 aromatic heterocycles. The number of hydrogen-bond donors (Lipinski definition) is 0. The Morgan fingerprint density at radius 1 is 1.40 bits per heavy atom. The number of aryl methyl sites for hydroxylation is 3. The third-order valence-electron chi connectivity index (χ3n) is 4.71. The van der Waals surface area contributed by atoms with Gasteiger partial charge in [-0.1, -0.05) is 12.1 Å². The summed E-state index contributed by atoms with van der Waals surface area (Å²) in [6, 6.07) is 8.10. The number of aromatic nitrogens is 3. The SMILES string of the molecule is Cc1cccc(OCC2CCCN(C(=O)CCc3nncn3C)C2)c1. The molecule has 1 saturated heterocycles. The van der Waals surface area contributed by atoms with Crippen molar-refractivity contribution < 1.29 is 9.53 Å². The van der Waals surface area contributed by atoms with Crippen LogP contribution in [0.3, 0.4) is 0 Å². The molecule has 1 unspecified atom stereocenters. The minimum atomic E-state index is 0.197. The van der Waals surface area contributed by atoms with Crippen LogP contribution in [0.25, 0.3) is 0 Å². The summed E-state index contributed by atoms with van der Waals surface area (Å²) >= 11 is 0. The van der Waals surface area contributed by atoms with Crippen LogP contribution in [0.2, 0.25) is 0 Å². The number of carbonyl (C=O) groups excluding carboxylic acids is 1. The van der Waals surface area contributed by atoms with E-state index in [9.17, 15) is 4.79 Å². The highest BCUT2D eigenvalue weighted by Crippen LogP contribution is 2.20. The van der Waals surface area contributed by atoms with E-state index in [-0.39, 0.29) is 5.91 Å². The number of amides is 1. The maximum absolute atomic E-state index is 12.5. The van der Waals surface area contributed by atoms with Gasteiger partial charge in [0.2, 0.25) is 5.91 Å². The van der Waals surface area contributed by atoms with Gasteiger partial charge in [0.25, 0.3) is 0 Å². The normalized spacial score (nSPS) is 17.5. The molecule has 0 N–H and O–H groups in total. The van der Waals surface area contributed by atoms with Crippen molar-refractivity contribution in [3.63, 3.8) is 0 Å². The molecular weight excluding hydrogens is 316 g/mol. The molecule has 1 aromatic carbocycles. The van der Waals surface area contributed by atoms with Crippen molar-refractivity contribution in [2.24, 2.45) is 13.0 Å². The van der Waals surface area contributed by atoms with E-state index in [2.05, 4.69) is 23.2 Å². The Kier molecular flexibility index (Phi) is 5.68. The number of piperidine rings is 1. The zero-order valence-corrected chi connectivity index (χ0v) is 15.0. The fraction of sp³-hybridized carbons (Fsp3) is 0.526. The fourth-order valence-corrected chi connectivity index (χ4v) is 3.26. The lowest BCUT2D eigenvalue weighted by Crippen LogP contribution is -2.41. The molecule has 1 amide bonds. The molecule has 0 saturated carbocycles. The van der Waals surface area contributed by atoms with Gasteiger partial charge in [-0.2, -0.15) is 0 Å². The number of rotatable bonds is 6. The minimum Gasteiger partial charge on any atom is -0.493 e. The first-order valence-corrected chi connectivity index (χ1v) is 8.92. The van der Waals surface area contributed by atoms with E-state index in [4.69, 9.17) is 4.74 Å². The van der Waals surface area contributed by atoms with Gasteiger partial charge in [0.05, 0.1) is 6.61 Å². The van der Waals surface area contributed by atoms with Crippen LogP contribution in [0.15, 0.2) is 30.6 Å². The Morgan fingerprint density at radius 3 is 3.04 bits per heavy atom. The van der Waals surface area contributed by atoms with E-state index in [1.54, 1.807) is 6.33 Å². The first kappa shape index (κ1) is 17.5. The van der Waals surface area contributed by atoms with Crippen LogP contribution in [0.1, 0.15) is 30.7 Å². The van der Waals surface area contributed by atoms with Gasteiger partial charge in [-0.15, -0.1) is 10.2 Å². The Labute approximate surface area is 148 Å². The molecule has 0 radical (unpaired) electrons. The van der Waals surface area contributed by atoms with E-state index in [1.165, 1.54) is 5.56 Å². The van der Waals surface area contributed by atoms with Crippen molar-refractivity contribution in [2.45, 2.75) is 32.6 Å². The number of carbonyl (C=O) groups is 1. The maximum atomic E-state index is 12.5. The Hall–Kier alpha value is -2.37. The third kappa shape index (κ3) is 4.81. The number of likely N-dealkylation sites (tertiary alicyclic amines) is 1. The lowest BCUT2D eigenvalue weighted by Gasteiger charge is -2.32. The molecule has 25 heavy (non-hydrogen) atoms. The van der Waals surface area contributed by atoms with Crippen molar-refractivity contribution >= 4 is 5.91 Å². The zero-order valence-electron chi connectivity index (χ0n) is 15.0. The molecule has 3 rings (SSSR count). The van der Waals surface area contributed by atoms with Crippen molar-refractivity contribution in [3.05, 3.63) is 42.0 Å². The molecule has 1 atom stereocenters. The average molecular weight is 342 g/mol. The number of hydrogen-bond acceptors (Lipinski definition) is 4. The monoisotopic (exact) mass is 342 g/mol. The minimum absolute atomic E-state index is 0.197. The summed E-state index contributed by atoms with van der Waals surface area (Å²) in [5.74, 6) is 2.35. The van der Waals surface area contributed by atoms with Crippen LogP contribution in [-0.4, -0.2) is 45.3 Å². The highest BCUT2D eigenvalue weighted by atomic mass is 16.5. The second kappa shape index (κ2) is 8.14. The molecule has 2 heterocycles. The number of ether oxygens (including phenoxy) is 1. The summed E-state index contributed by atoms with van der Waals surface area (Å²) in [5.41, 5.74) is 1.20. The predicted molar refractivity (Wildman–Crippen MR) is 95.3 cm³/mol. The summed E-state index contributed by atoms with van der Waals surface area (Å²) in [5, 5.41) is 7.90. The summed E-state index contributed by atoms with van der Waals surface area (Å²) in [7, 11) is 1.90. The maximum Gasteiger partial charge on any atom is 0.223 e. The van der Waals surface area contributed by atoms with Gasteiger partial charge in [0.15, 0.2) is 0 Å². The van der Waals surface area contributed by atoms with E-state index in [1.807, 2.05) is 34.7 Å². The molecule has 134 valence electrons. The second-order valence-electron chi connectivity index (χ2n) is 6.83.